The van der Waals surface area contributed by atoms with Gasteiger partial charge in [-0.3, -0.25) is 0 Å². The van der Waals surface area contributed by atoms with Crippen molar-refractivity contribution in [2.24, 2.45) is 23.2 Å². The van der Waals surface area contributed by atoms with Gasteiger partial charge in [-0.1, -0.05) is 18.2 Å². The third kappa shape index (κ3) is 4.11. The van der Waals surface area contributed by atoms with E-state index in [1.54, 1.807) is 6.08 Å². The third-order valence-corrected chi connectivity index (χ3v) is 6.06. The highest BCUT2D eigenvalue weighted by molar-refractivity contribution is 7.98. The molecule has 4 rings (SSSR count). The lowest BCUT2D eigenvalue weighted by atomic mass is 9.50. The quantitative estimate of drug-likeness (QED) is 0.174. The van der Waals surface area contributed by atoms with Crippen molar-refractivity contribution in [3.8, 4) is 0 Å². The maximum Gasteiger partial charge on any atom is 0.337 e. The van der Waals surface area contributed by atoms with Gasteiger partial charge in [0.15, 0.2) is 0 Å². The van der Waals surface area contributed by atoms with Gasteiger partial charge in [-0.2, -0.15) is 0 Å². The van der Waals surface area contributed by atoms with Crippen molar-refractivity contribution in [3.63, 3.8) is 0 Å². The molecule has 0 radical (unpaired) electrons. The number of esters is 1. The monoisotopic (exact) mass is 352 g/mol. The molecule has 0 aromatic rings. The molecule has 0 aromatic heterocycles. The predicted molar refractivity (Wildman–Crippen MR) is 91.4 cm³/mol. The van der Waals surface area contributed by atoms with Gasteiger partial charge in [-0.25, -0.2) is 10.1 Å². The summed E-state index contributed by atoms with van der Waals surface area (Å²) in [5.74, 6) is 2.13. The topological polar surface area (TPSA) is 65.0 Å². The summed E-state index contributed by atoms with van der Waals surface area (Å²) < 4.78 is 9.83. The lowest BCUT2D eigenvalue weighted by Gasteiger charge is -2.56. The van der Waals surface area contributed by atoms with Crippen LogP contribution in [0, 0.1) is 23.2 Å². The number of carbonyl (C=O) groups excluding carboxylic acids is 1. The molecule has 0 saturated heterocycles. The van der Waals surface area contributed by atoms with Crippen molar-refractivity contribution in [2.45, 2.75) is 38.5 Å². The maximum absolute atomic E-state index is 12.2. The summed E-state index contributed by atoms with van der Waals surface area (Å²) in [6.07, 6.45) is 10.8. The molecule has 132 valence electrons. The normalized spacial score (nSPS) is 33.8. The van der Waals surface area contributed by atoms with Crippen LogP contribution in [0.15, 0.2) is 35.8 Å². The minimum absolute atomic E-state index is 0.208. The summed E-state index contributed by atoms with van der Waals surface area (Å²) in [5, 5.41) is 11.5. The standard InChI is InChI=1S/C18H24O5S/c1-12(3-4-13(2)24-23-22-20)17(19)21-11-18-8-14-5-15(9-18)7-16(6-14)10-18/h3-4,14-16,20H,1-2,5-11H2/b4-3-. The molecule has 1 N–H and O–H groups in total. The fourth-order valence-electron chi connectivity index (χ4n) is 5.13. The van der Waals surface area contributed by atoms with Crippen LogP contribution in [0.1, 0.15) is 38.5 Å². The Bertz CT molecular complexity index is 518. The Morgan fingerprint density at radius 3 is 2.25 bits per heavy atom. The highest BCUT2D eigenvalue weighted by atomic mass is 32.2. The van der Waals surface area contributed by atoms with Crippen molar-refractivity contribution >= 4 is 18.0 Å². The summed E-state index contributed by atoms with van der Waals surface area (Å²) in [6.45, 7) is 7.92. The van der Waals surface area contributed by atoms with E-state index in [1.165, 1.54) is 44.6 Å². The molecule has 0 amide bonds. The molecule has 4 aliphatic carbocycles. The molecule has 0 aromatic carbocycles. The number of rotatable bonds is 8. The molecular formula is C18H24O5S. The Morgan fingerprint density at radius 1 is 1.12 bits per heavy atom. The lowest BCUT2D eigenvalue weighted by molar-refractivity contribution is -0.431. The number of hydrogen-bond donors (Lipinski definition) is 1. The van der Waals surface area contributed by atoms with Crippen molar-refractivity contribution in [2.75, 3.05) is 6.61 Å². The molecule has 0 heterocycles. The van der Waals surface area contributed by atoms with Crippen molar-refractivity contribution in [1.82, 2.24) is 0 Å². The van der Waals surface area contributed by atoms with Gasteiger partial charge in [0.05, 0.1) is 24.2 Å². The van der Waals surface area contributed by atoms with E-state index in [-0.39, 0.29) is 17.0 Å². The summed E-state index contributed by atoms with van der Waals surface area (Å²) in [4.78, 5) is 12.6. The van der Waals surface area contributed by atoms with Crippen LogP contribution in [-0.2, 0) is 18.9 Å². The molecule has 0 atom stereocenters. The Morgan fingerprint density at radius 2 is 1.71 bits per heavy atom. The Labute approximate surface area is 146 Å². The van der Waals surface area contributed by atoms with E-state index < -0.39 is 0 Å². The molecule has 4 aliphatic rings. The van der Waals surface area contributed by atoms with Gasteiger partial charge in [-0.15, -0.1) is 4.33 Å². The Kier molecular flexibility index (Phi) is 5.49. The van der Waals surface area contributed by atoms with Crippen LogP contribution in [0.25, 0.3) is 0 Å². The first-order valence-electron chi connectivity index (χ1n) is 8.37. The fraction of sp³-hybridized carbons (Fsp3) is 0.611. The smallest absolute Gasteiger partial charge is 0.337 e. The van der Waals surface area contributed by atoms with Crippen LogP contribution in [0.3, 0.4) is 0 Å². The van der Waals surface area contributed by atoms with Gasteiger partial charge in [0.25, 0.3) is 0 Å². The summed E-state index contributed by atoms with van der Waals surface area (Å²) in [7, 11) is 0. The fourth-order valence-corrected chi connectivity index (χ4v) is 5.37. The SMILES string of the molecule is C=C(/C=C\C(=C)C(=O)OCC12CC3CC(CC(C3)C1)C2)SOOO. The van der Waals surface area contributed by atoms with Gasteiger partial charge in [0.2, 0.25) is 0 Å². The number of allylic oxidation sites excluding steroid dienone is 1. The predicted octanol–water partition coefficient (Wildman–Crippen LogP) is 4.44. The number of hydrogen-bond acceptors (Lipinski definition) is 6. The molecular weight excluding hydrogens is 328 g/mol. The average molecular weight is 352 g/mol. The van der Waals surface area contributed by atoms with Gasteiger partial charge in [0, 0.05) is 10.3 Å². The average Bonchev–Trinajstić information content (AvgIpc) is 2.54. The second-order valence-corrected chi connectivity index (χ2v) is 8.37. The van der Waals surface area contributed by atoms with Gasteiger partial charge < -0.3 is 4.74 Å². The second kappa shape index (κ2) is 7.44. The summed E-state index contributed by atoms with van der Waals surface area (Å²) >= 11 is 0.735. The number of carbonyl (C=O) groups is 1. The molecule has 5 nitrogen and oxygen atoms in total. The van der Waals surface area contributed by atoms with E-state index in [1.807, 2.05) is 0 Å². The van der Waals surface area contributed by atoms with E-state index in [2.05, 4.69) is 22.5 Å². The van der Waals surface area contributed by atoms with Crippen molar-refractivity contribution in [1.29, 1.82) is 0 Å². The molecule has 4 saturated carbocycles. The zero-order chi connectivity index (χ0) is 17.2. The van der Waals surface area contributed by atoms with Crippen molar-refractivity contribution < 1.29 is 24.2 Å². The van der Waals surface area contributed by atoms with Crippen LogP contribution >= 0.6 is 12.0 Å². The van der Waals surface area contributed by atoms with E-state index in [0.717, 1.165) is 29.8 Å². The molecule has 6 heteroatoms. The molecule has 4 bridgehead atoms. The molecule has 0 spiro atoms. The minimum atomic E-state index is -0.390. The van der Waals surface area contributed by atoms with E-state index >= 15 is 0 Å². The highest BCUT2D eigenvalue weighted by Gasteiger charge is 2.51. The lowest BCUT2D eigenvalue weighted by Crippen LogP contribution is -2.48. The van der Waals surface area contributed by atoms with Crippen LogP contribution < -0.4 is 0 Å². The van der Waals surface area contributed by atoms with E-state index in [4.69, 9.17) is 9.99 Å². The van der Waals surface area contributed by atoms with Gasteiger partial charge >= 0.3 is 5.97 Å². The minimum Gasteiger partial charge on any atom is -0.462 e. The largest absolute Gasteiger partial charge is 0.462 e. The zero-order valence-corrected chi connectivity index (χ0v) is 14.6. The Hall–Kier alpha value is -1.08. The van der Waals surface area contributed by atoms with Crippen LogP contribution in [0.4, 0.5) is 0 Å². The first-order chi connectivity index (χ1) is 11.5. The van der Waals surface area contributed by atoms with Crippen LogP contribution in [0.2, 0.25) is 0 Å². The summed E-state index contributed by atoms with van der Waals surface area (Å²) in [6, 6.07) is 0. The van der Waals surface area contributed by atoms with Crippen LogP contribution in [-0.4, -0.2) is 17.8 Å². The Balaban J connectivity index is 1.48. The molecule has 4 fully saturated rings. The number of ether oxygens (including phenoxy) is 1. The first-order valence-corrected chi connectivity index (χ1v) is 9.11. The molecule has 0 aliphatic heterocycles. The van der Waals surface area contributed by atoms with Crippen LogP contribution in [0.5, 0.6) is 0 Å². The van der Waals surface area contributed by atoms with Gasteiger partial charge in [0.1, 0.15) is 0 Å². The van der Waals surface area contributed by atoms with Gasteiger partial charge in [-0.05, 0) is 68.4 Å². The molecule has 0 unspecified atom stereocenters. The van der Waals surface area contributed by atoms with E-state index in [0.29, 0.717) is 11.5 Å². The summed E-state index contributed by atoms with van der Waals surface area (Å²) in [5.41, 5.74) is 0.478. The zero-order valence-electron chi connectivity index (χ0n) is 13.7. The van der Waals surface area contributed by atoms with E-state index in [9.17, 15) is 4.79 Å². The third-order valence-electron chi connectivity index (χ3n) is 5.58. The molecule has 24 heavy (non-hydrogen) atoms. The second-order valence-electron chi connectivity index (χ2n) is 7.54. The first kappa shape index (κ1) is 17.7. The highest BCUT2D eigenvalue weighted by Crippen LogP contribution is 2.60. The van der Waals surface area contributed by atoms with Crippen molar-refractivity contribution in [3.05, 3.63) is 35.8 Å². The maximum atomic E-state index is 12.2.